The van der Waals surface area contributed by atoms with Crippen molar-refractivity contribution >= 4 is 17.8 Å². The zero-order valence-electron chi connectivity index (χ0n) is 18.8. The average Bonchev–Trinajstić information content (AvgIpc) is 2.97. The first-order chi connectivity index (χ1) is 15.4. The molecular formula is C26H31N3O3. The molecule has 6 heteroatoms. The summed E-state index contributed by atoms with van der Waals surface area (Å²) in [5, 5.41) is 3.05. The second-order valence-corrected chi connectivity index (χ2v) is 8.98. The van der Waals surface area contributed by atoms with Crippen molar-refractivity contribution in [2.45, 2.75) is 56.5 Å². The van der Waals surface area contributed by atoms with Gasteiger partial charge in [0.2, 0.25) is 5.91 Å². The Hall–Kier alpha value is -3.15. The third kappa shape index (κ3) is 4.01. The molecule has 4 amide bonds. The average molecular weight is 434 g/mol. The normalized spacial score (nSPS) is 19.0. The van der Waals surface area contributed by atoms with Gasteiger partial charge in [0.05, 0.1) is 0 Å². The van der Waals surface area contributed by atoms with E-state index in [0.717, 1.165) is 35.3 Å². The van der Waals surface area contributed by atoms with Crippen LogP contribution in [-0.4, -0.2) is 52.8 Å². The van der Waals surface area contributed by atoms with Crippen LogP contribution in [0.15, 0.2) is 60.7 Å². The molecule has 1 aliphatic heterocycles. The highest BCUT2D eigenvalue weighted by Crippen LogP contribution is 2.39. The topological polar surface area (TPSA) is 69.7 Å². The Kier molecular flexibility index (Phi) is 6.31. The van der Waals surface area contributed by atoms with E-state index in [0.29, 0.717) is 12.8 Å². The van der Waals surface area contributed by atoms with Gasteiger partial charge in [-0.2, -0.15) is 0 Å². The van der Waals surface area contributed by atoms with Gasteiger partial charge >= 0.3 is 6.03 Å². The molecule has 2 aliphatic rings. The van der Waals surface area contributed by atoms with Crippen LogP contribution in [0.3, 0.4) is 0 Å². The van der Waals surface area contributed by atoms with Crippen LogP contribution in [0, 0.1) is 0 Å². The summed E-state index contributed by atoms with van der Waals surface area (Å²) in [5.41, 5.74) is 1.43. The molecule has 168 valence electrons. The van der Waals surface area contributed by atoms with E-state index in [1.165, 1.54) is 0 Å². The third-order valence-electron chi connectivity index (χ3n) is 6.99. The number of carbonyl (C=O) groups is 3. The predicted molar refractivity (Wildman–Crippen MR) is 123 cm³/mol. The van der Waals surface area contributed by atoms with Crippen LogP contribution in [0.4, 0.5) is 4.79 Å². The van der Waals surface area contributed by atoms with E-state index in [1.807, 2.05) is 43.3 Å². The van der Waals surface area contributed by atoms with E-state index < -0.39 is 5.54 Å². The summed E-state index contributed by atoms with van der Waals surface area (Å²) >= 11 is 0. The third-order valence-corrected chi connectivity index (χ3v) is 6.99. The van der Waals surface area contributed by atoms with Crippen molar-refractivity contribution in [3.63, 3.8) is 0 Å². The second-order valence-electron chi connectivity index (χ2n) is 8.98. The van der Waals surface area contributed by atoms with Gasteiger partial charge in [0.1, 0.15) is 12.1 Å². The molecule has 1 aliphatic carbocycles. The summed E-state index contributed by atoms with van der Waals surface area (Å²) in [4.78, 5) is 41.7. The van der Waals surface area contributed by atoms with E-state index in [9.17, 15) is 14.4 Å². The van der Waals surface area contributed by atoms with Gasteiger partial charge in [-0.1, -0.05) is 79.9 Å². The maximum atomic E-state index is 13.2. The largest absolute Gasteiger partial charge is 0.351 e. The summed E-state index contributed by atoms with van der Waals surface area (Å²) in [7, 11) is 1.69. The zero-order chi connectivity index (χ0) is 22.7. The number of amides is 4. The summed E-state index contributed by atoms with van der Waals surface area (Å²) in [6.07, 6.45) is 4.28. The van der Waals surface area contributed by atoms with Gasteiger partial charge in [-0.3, -0.25) is 14.5 Å². The Balaban J connectivity index is 1.49. The fourth-order valence-corrected chi connectivity index (χ4v) is 5.29. The highest BCUT2D eigenvalue weighted by molar-refractivity contribution is 6.09. The first-order valence-corrected chi connectivity index (χ1v) is 11.4. The molecule has 1 saturated heterocycles. The lowest BCUT2D eigenvalue weighted by Crippen LogP contribution is -2.50. The fourth-order valence-electron chi connectivity index (χ4n) is 5.29. The minimum atomic E-state index is -0.766. The summed E-state index contributed by atoms with van der Waals surface area (Å²) in [5.74, 6) is -0.591. The van der Waals surface area contributed by atoms with Crippen molar-refractivity contribution in [1.29, 1.82) is 0 Å². The SMILES string of the molecule is CC(NC(=O)CN1C(=O)N(C)C2(CCCCC2)C1=O)C(c1ccccc1)c1ccccc1. The molecule has 0 aromatic heterocycles. The molecule has 1 N–H and O–H groups in total. The van der Waals surface area contributed by atoms with Crippen molar-refractivity contribution < 1.29 is 14.4 Å². The fraction of sp³-hybridized carbons (Fsp3) is 0.423. The number of rotatable bonds is 6. The number of imide groups is 1. The standard InChI is InChI=1S/C26H31N3O3/c1-19(23(20-12-6-3-7-13-20)21-14-8-4-9-15-21)27-22(30)18-29-24(31)26(28(2)25(29)32)16-10-5-11-17-26/h3-4,6-9,12-15,19,23H,5,10-11,16-18H2,1-2H3,(H,27,30). The Morgan fingerprint density at radius 3 is 2.00 bits per heavy atom. The van der Waals surface area contributed by atoms with Crippen molar-refractivity contribution in [3.05, 3.63) is 71.8 Å². The van der Waals surface area contributed by atoms with Crippen LogP contribution in [0.5, 0.6) is 0 Å². The number of carbonyl (C=O) groups excluding carboxylic acids is 3. The van der Waals surface area contributed by atoms with Crippen molar-refractivity contribution in [2.75, 3.05) is 13.6 Å². The van der Waals surface area contributed by atoms with Crippen LogP contribution in [0.1, 0.15) is 56.1 Å². The predicted octanol–water partition coefficient (Wildman–Crippen LogP) is 3.92. The Labute approximate surface area is 189 Å². The zero-order valence-corrected chi connectivity index (χ0v) is 18.8. The van der Waals surface area contributed by atoms with Crippen molar-refractivity contribution in [1.82, 2.24) is 15.1 Å². The summed E-state index contributed by atoms with van der Waals surface area (Å²) in [6.45, 7) is 1.72. The molecule has 0 bridgehead atoms. The quantitative estimate of drug-likeness (QED) is 0.702. The molecule has 6 nitrogen and oxygen atoms in total. The molecule has 1 heterocycles. The lowest BCUT2D eigenvalue weighted by molar-refractivity contribution is -0.137. The monoisotopic (exact) mass is 433 g/mol. The number of likely N-dealkylation sites (N-methyl/N-ethyl adjacent to an activating group) is 1. The molecule has 4 rings (SSSR count). The molecular weight excluding hydrogens is 402 g/mol. The molecule has 1 unspecified atom stereocenters. The van der Waals surface area contributed by atoms with Gasteiger partial charge in [0, 0.05) is 19.0 Å². The minimum absolute atomic E-state index is 0.0429. The van der Waals surface area contributed by atoms with E-state index in [2.05, 4.69) is 29.6 Å². The Morgan fingerprint density at radius 2 is 1.47 bits per heavy atom. The van der Waals surface area contributed by atoms with Gasteiger partial charge in [0.25, 0.3) is 5.91 Å². The van der Waals surface area contributed by atoms with E-state index in [4.69, 9.17) is 0 Å². The van der Waals surface area contributed by atoms with Crippen molar-refractivity contribution in [3.8, 4) is 0 Å². The van der Waals surface area contributed by atoms with Crippen LogP contribution >= 0.6 is 0 Å². The van der Waals surface area contributed by atoms with Crippen molar-refractivity contribution in [2.24, 2.45) is 0 Å². The maximum Gasteiger partial charge on any atom is 0.327 e. The van der Waals surface area contributed by atoms with E-state index >= 15 is 0 Å². The highest BCUT2D eigenvalue weighted by Gasteiger charge is 2.55. The van der Waals surface area contributed by atoms with E-state index in [-0.39, 0.29) is 36.3 Å². The molecule has 0 radical (unpaired) electrons. The maximum absolute atomic E-state index is 13.2. The van der Waals surface area contributed by atoms with Crippen LogP contribution in [0.25, 0.3) is 0 Å². The molecule has 2 aromatic carbocycles. The molecule has 1 atom stereocenters. The van der Waals surface area contributed by atoms with E-state index in [1.54, 1.807) is 11.9 Å². The molecule has 1 saturated carbocycles. The number of benzene rings is 2. The number of nitrogens with one attached hydrogen (secondary N) is 1. The summed E-state index contributed by atoms with van der Waals surface area (Å²) in [6, 6.07) is 19.5. The second kappa shape index (κ2) is 9.15. The minimum Gasteiger partial charge on any atom is -0.351 e. The van der Waals surface area contributed by atoms with Crippen LogP contribution < -0.4 is 5.32 Å². The highest BCUT2D eigenvalue weighted by atomic mass is 16.2. The van der Waals surface area contributed by atoms with Gasteiger partial charge in [0.15, 0.2) is 0 Å². The molecule has 2 fully saturated rings. The lowest BCUT2D eigenvalue weighted by atomic mass is 9.81. The van der Waals surface area contributed by atoms with Crippen LogP contribution in [0.2, 0.25) is 0 Å². The molecule has 1 spiro atoms. The van der Waals surface area contributed by atoms with Gasteiger partial charge in [-0.05, 0) is 30.9 Å². The van der Waals surface area contributed by atoms with Gasteiger partial charge in [-0.25, -0.2) is 4.79 Å². The number of hydrogen-bond donors (Lipinski definition) is 1. The number of nitrogens with zero attached hydrogens (tertiary/aromatic N) is 2. The molecule has 2 aromatic rings. The Bertz CT molecular complexity index is 931. The first-order valence-electron chi connectivity index (χ1n) is 11.4. The van der Waals surface area contributed by atoms with Gasteiger partial charge in [-0.15, -0.1) is 0 Å². The van der Waals surface area contributed by atoms with Crippen LogP contribution in [-0.2, 0) is 9.59 Å². The molecule has 32 heavy (non-hydrogen) atoms. The smallest absolute Gasteiger partial charge is 0.327 e. The lowest BCUT2D eigenvalue weighted by Gasteiger charge is -2.35. The Morgan fingerprint density at radius 1 is 0.938 bits per heavy atom. The van der Waals surface area contributed by atoms with Gasteiger partial charge < -0.3 is 10.2 Å². The number of urea groups is 1. The first kappa shape index (κ1) is 22.1. The number of hydrogen-bond acceptors (Lipinski definition) is 3. The summed E-state index contributed by atoms with van der Waals surface area (Å²) < 4.78 is 0.